The van der Waals surface area contributed by atoms with Gasteiger partial charge in [0, 0.05) is 28.9 Å². The van der Waals surface area contributed by atoms with Crippen molar-refractivity contribution in [3.8, 4) is 5.75 Å². The topological polar surface area (TPSA) is 67.4 Å². The van der Waals surface area contributed by atoms with Crippen molar-refractivity contribution in [2.45, 2.75) is 19.7 Å². The maximum absolute atomic E-state index is 12.3. The van der Waals surface area contributed by atoms with Crippen molar-refractivity contribution in [2.24, 2.45) is 11.8 Å². The minimum Gasteiger partial charge on any atom is -0.406 e. The molecule has 2 atom stereocenters. The molecular formula is C19H17F3N2O3. The predicted octanol–water partition coefficient (Wildman–Crippen LogP) is 4.43. The Hall–Kier alpha value is -3.03. The number of hydrogen-bond donors (Lipinski definition) is 2. The lowest BCUT2D eigenvalue weighted by atomic mass is 10.2. The van der Waals surface area contributed by atoms with Crippen molar-refractivity contribution in [1.29, 1.82) is 0 Å². The van der Waals surface area contributed by atoms with Crippen LogP contribution in [0.2, 0.25) is 0 Å². The quantitative estimate of drug-likeness (QED) is 0.809. The first kappa shape index (κ1) is 18.8. The van der Waals surface area contributed by atoms with Gasteiger partial charge in [0.25, 0.3) is 5.91 Å². The van der Waals surface area contributed by atoms with E-state index in [1.807, 2.05) is 6.92 Å². The molecule has 0 aromatic heterocycles. The predicted molar refractivity (Wildman–Crippen MR) is 93.4 cm³/mol. The van der Waals surface area contributed by atoms with Crippen molar-refractivity contribution in [3.63, 3.8) is 0 Å². The van der Waals surface area contributed by atoms with E-state index in [0.717, 1.165) is 18.6 Å². The lowest BCUT2D eigenvalue weighted by molar-refractivity contribution is -0.274. The average Bonchev–Trinajstić information content (AvgIpc) is 3.31. The summed E-state index contributed by atoms with van der Waals surface area (Å²) in [6, 6.07) is 11.3. The molecule has 3 rings (SSSR count). The largest absolute Gasteiger partial charge is 0.573 e. The number of nitrogens with one attached hydrogen (secondary N) is 2. The van der Waals surface area contributed by atoms with Crippen molar-refractivity contribution in [3.05, 3.63) is 54.1 Å². The molecule has 2 aromatic rings. The summed E-state index contributed by atoms with van der Waals surface area (Å²) in [5, 5.41) is 5.29. The van der Waals surface area contributed by atoms with Crippen LogP contribution in [-0.2, 0) is 4.79 Å². The van der Waals surface area contributed by atoms with Gasteiger partial charge in [-0.15, -0.1) is 13.2 Å². The summed E-state index contributed by atoms with van der Waals surface area (Å²) >= 11 is 0. The van der Waals surface area contributed by atoms with E-state index in [9.17, 15) is 22.8 Å². The number of anilines is 2. The third-order valence-electron chi connectivity index (χ3n) is 4.19. The Morgan fingerprint density at radius 2 is 1.70 bits per heavy atom. The first-order valence-electron chi connectivity index (χ1n) is 8.29. The van der Waals surface area contributed by atoms with Gasteiger partial charge in [-0.05, 0) is 48.7 Å². The molecule has 142 valence electrons. The van der Waals surface area contributed by atoms with E-state index in [-0.39, 0.29) is 17.5 Å². The molecule has 2 N–H and O–H groups in total. The highest BCUT2D eigenvalue weighted by atomic mass is 19.4. The summed E-state index contributed by atoms with van der Waals surface area (Å²) < 4.78 is 40.6. The molecule has 0 heterocycles. The number of hydrogen-bond acceptors (Lipinski definition) is 3. The van der Waals surface area contributed by atoms with Gasteiger partial charge in [0.15, 0.2) is 0 Å². The summed E-state index contributed by atoms with van der Waals surface area (Å²) in [6.07, 6.45) is -3.93. The fraction of sp³-hybridized carbons (Fsp3) is 0.263. The smallest absolute Gasteiger partial charge is 0.406 e. The first-order valence-corrected chi connectivity index (χ1v) is 8.29. The molecule has 0 saturated heterocycles. The summed E-state index contributed by atoms with van der Waals surface area (Å²) in [5.74, 6) is -0.520. The normalized spacial score (nSPS) is 18.5. The van der Waals surface area contributed by atoms with Crippen molar-refractivity contribution in [1.82, 2.24) is 0 Å². The maximum Gasteiger partial charge on any atom is 0.573 e. The first-order chi connectivity index (χ1) is 12.7. The number of benzene rings is 2. The second kappa shape index (κ2) is 7.30. The molecule has 8 heteroatoms. The highest BCUT2D eigenvalue weighted by molar-refractivity contribution is 6.04. The zero-order chi connectivity index (χ0) is 19.6. The van der Waals surface area contributed by atoms with Gasteiger partial charge < -0.3 is 15.4 Å². The Balaban J connectivity index is 1.61. The molecule has 1 fully saturated rings. The summed E-state index contributed by atoms with van der Waals surface area (Å²) in [6.45, 7) is 2.01. The van der Waals surface area contributed by atoms with Gasteiger partial charge in [-0.2, -0.15) is 0 Å². The van der Waals surface area contributed by atoms with E-state index < -0.39 is 18.0 Å². The van der Waals surface area contributed by atoms with E-state index in [1.165, 1.54) is 24.3 Å². The fourth-order valence-electron chi connectivity index (χ4n) is 2.60. The molecule has 2 unspecified atom stereocenters. The summed E-state index contributed by atoms with van der Waals surface area (Å²) in [5.41, 5.74) is 1.05. The number of amides is 2. The van der Waals surface area contributed by atoms with E-state index in [1.54, 1.807) is 12.1 Å². The third-order valence-corrected chi connectivity index (χ3v) is 4.19. The van der Waals surface area contributed by atoms with Crippen LogP contribution in [0.3, 0.4) is 0 Å². The van der Waals surface area contributed by atoms with Crippen LogP contribution in [0.1, 0.15) is 23.7 Å². The highest BCUT2D eigenvalue weighted by Crippen LogP contribution is 2.38. The standard InChI is InChI=1S/C19H17F3N2O3/c1-11-9-16(11)18(26)23-13-7-5-12(6-8-13)17(25)24-14-3-2-4-15(10-14)27-19(20,21)22/h2-8,10-11,16H,9H2,1H3,(H,23,26)(H,24,25). The number of alkyl halides is 3. The fourth-order valence-corrected chi connectivity index (χ4v) is 2.60. The molecule has 27 heavy (non-hydrogen) atoms. The Morgan fingerprint density at radius 1 is 1.04 bits per heavy atom. The third kappa shape index (κ3) is 5.22. The summed E-state index contributed by atoms with van der Waals surface area (Å²) in [4.78, 5) is 24.1. The Kier molecular flexibility index (Phi) is 5.07. The van der Waals surface area contributed by atoms with Gasteiger partial charge >= 0.3 is 6.36 Å². The molecule has 0 spiro atoms. The Labute approximate surface area is 153 Å². The van der Waals surface area contributed by atoms with Crippen LogP contribution in [0.5, 0.6) is 5.75 Å². The molecule has 1 saturated carbocycles. The lowest BCUT2D eigenvalue weighted by Crippen LogP contribution is -2.17. The van der Waals surface area contributed by atoms with E-state index in [2.05, 4.69) is 15.4 Å². The second-order valence-corrected chi connectivity index (χ2v) is 6.42. The maximum atomic E-state index is 12.3. The monoisotopic (exact) mass is 378 g/mol. The van der Waals surface area contributed by atoms with Gasteiger partial charge in [0.05, 0.1) is 0 Å². The zero-order valence-electron chi connectivity index (χ0n) is 14.3. The molecule has 1 aliphatic carbocycles. The molecule has 0 bridgehead atoms. The van der Waals surface area contributed by atoms with Crippen molar-refractivity contribution in [2.75, 3.05) is 10.6 Å². The number of halogens is 3. The van der Waals surface area contributed by atoms with Gasteiger partial charge in [-0.1, -0.05) is 13.0 Å². The van der Waals surface area contributed by atoms with Crippen molar-refractivity contribution < 1.29 is 27.5 Å². The van der Waals surface area contributed by atoms with Crippen molar-refractivity contribution >= 4 is 23.2 Å². The van der Waals surface area contributed by atoms with Crippen LogP contribution in [0, 0.1) is 11.8 Å². The number of ether oxygens (including phenoxy) is 1. The number of rotatable bonds is 5. The lowest BCUT2D eigenvalue weighted by Gasteiger charge is -2.11. The average molecular weight is 378 g/mol. The SMILES string of the molecule is CC1CC1C(=O)Nc1ccc(C(=O)Nc2cccc(OC(F)(F)F)c2)cc1. The van der Waals surface area contributed by atoms with Crippen LogP contribution >= 0.6 is 0 Å². The zero-order valence-corrected chi connectivity index (χ0v) is 14.3. The minimum atomic E-state index is -4.80. The second-order valence-electron chi connectivity index (χ2n) is 6.42. The Morgan fingerprint density at radius 3 is 2.30 bits per heavy atom. The van der Waals surface area contributed by atoms with E-state index >= 15 is 0 Å². The van der Waals surface area contributed by atoms with Gasteiger partial charge in [0.1, 0.15) is 5.75 Å². The van der Waals surface area contributed by atoms with E-state index in [4.69, 9.17) is 0 Å². The van der Waals surface area contributed by atoms with Crippen LogP contribution in [0.15, 0.2) is 48.5 Å². The van der Waals surface area contributed by atoms with Gasteiger partial charge in [-0.3, -0.25) is 9.59 Å². The molecule has 2 aromatic carbocycles. The van der Waals surface area contributed by atoms with Gasteiger partial charge in [0.2, 0.25) is 5.91 Å². The number of carbonyl (C=O) groups is 2. The van der Waals surface area contributed by atoms with Crippen LogP contribution in [0.25, 0.3) is 0 Å². The minimum absolute atomic E-state index is 0.0406. The number of carbonyl (C=O) groups excluding carboxylic acids is 2. The molecule has 0 radical (unpaired) electrons. The molecule has 1 aliphatic rings. The van der Waals surface area contributed by atoms with E-state index in [0.29, 0.717) is 17.2 Å². The van der Waals surface area contributed by atoms with Crippen LogP contribution in [-0.4, -0.2) is 18.2 Å². The highest BCUT2D eigenvalue weighted by Gasteiger charge is 2.39. The molecule has 2 amide bonds. The molecule has 0 aliphatic heterocycles. The molecular weight excluding hydrogens is 361 g/mol. The summed E-state index contributed by atoms with van der Waals surface area (Å²) in [7, 11) is 0. The van der Waals surface area contributed by atoms with Gasteiger partial charge in [-0.25, -0.2) is 0 Å². The van der Waals surface area contributed by atoms with Crippen LogP contribution < -0.4 is 15.4 Å². The molecule has 5 nitrogen and oxygen atoms in total. The van der Waals surface area contributed by atoms with Crippen LogP contribution in [0.4, 0.5) is 24.5 Å². The Bertz CT molecular complexity index is 850.